The van der Waals surface area contributed by atoms with Crippen molar-refractivity contribution in [3.63, 3.8) is 0 Å². The molecular formula is C15H14N2O5S. The van der Waals surface area contributed by atoms with Crippen molar-refractivity contribution in [2.24, 2.45) is 0 Å². The highest BCUT2D eigenvalue weighted by Crippen LogP contribution is 2.29. The van der Waals surface area contributed by atoms with Gasteiger partial charge in [-0.2, -0.15) is 0 Å². The SMILES string of the molecule is COc1ccc(OC)c(NC(=O)C=Cc2ccc([N+](=O)[O-])s2)c1. The van der Waals surface area contributed by atoms with Crippen molar-refractivity contribution >= 4 is 34.0 Å². The zero-order chi connectivity index (χ0) is 16.8. The summed E-state index contributed by atoms with van der Waals surface area (Å²) in [6.45, 7) is 0. The van der Waals surface area contributed by atoms with Gasteiger partial charge in [-0.1, -0.05) is 11.3 Å². The average Bonchev–Trinajstić information content (AvgIpc) is 3.02. The van der Waals surface area contributed by atoms with Gasteiger partial charge >= 0.3 is 5.00 Å². The zero-order valence-electron chi connectivity index (χ0n) is 12.4. The Hall–Kier alpha value is -2.87. The molecule has 1 N–H and O–H groups in total. The lowest BCUT2D eigenvalue weighted by Gasteiger charge is -2.10. The summed E-state index contributed by atoms with van der Waals surface area (Å²) in [5.41, 5.74) is 0.471. The highest BCUT2D eigenvalue weighted by molar-refractivity contribution is 7.16. The van der Waals surface area contributed by atoms with Crippen LogP contribution < -0.4 is 14.8 Å². The normalized spacial score (nSPS) is 10.5. The number of hydrogen-bond donors (Lipinski definition) is 1. The summed E-state index contributed by atoms with van der Waals surface area (Å²) in [7, 11) is 3.02. The summed E-state index contributed by atoms with van der Waals surface area (Å²) >= 11 is 0.992. The maximum atomic E-state index is 12.0. The molecule has 0 unspecified atom stereocenters. The summed E-state index contributed by atoms with van der Waals surface area (Å²) < 4.78 is 10.3. The van der Waals surface area contributed by atoms with Crippen molar-refractivity contribution in [1.82, 2.24) is 0 Å². The van der Waals surface area contributed by atoms with Gasteiger partial charge < -0.3 is 14.8 Å². The quantitative estimate of drug-likeness (QED) is 0.497. The Balaban J connectivity index is 2.09. The van der Waals surface area contributed by atoms with Gasteiger partial charge in [0.15, 0.2) is 0 Å². The monoisotopic (exact) mass is 334 g/mol. The third kappa shape index (κ3) is 4.30. The van der Waals surface area contributed by atoms with Gasteiger partial charge in [0, 0.05) is 23.1 Å². The van der Waals surface area contributed by atoms with Crippen LogP contribution in [0.25, 0.3) is 6.08 Å². The van der Waals surface area contributed by atoms with Crippen LogP contribution in [0.2, 0.25) is 0 Å². The number of nitro groups is 1. The van der Waals surface area contributed by atoms with E-state index in [1.165, 1.54) is 32.4 Å². The van der Waals surface area contributed by atoms with E-state index in [1.54, 1.807) is 24.3 Å². The summed E-state index contributed by atoms with van der Waals surface area (Å²) in [4.78, 5) is 22.7. The standard InChI is InChI=1S/C15H14N2O5S/c1-21-10-3-6-13(22-2)12(9-10)16-14(18)7-4-11-5-8-15(23-11)17(19)20/h3-9H,1-2H3,(H,16,18). The molecule has 23 heavy (non-hydrogen) atoms. The van der Waals surface area contributed by atoms with Crippen LogP contribution in [0, 0.1) is 10.1 Å². The fourth-order valence-corrected chi connectivity index (χ4v) is 2.50. The third-order valence-corrected chi connectivity index (χ3v) is 3.86. The van der Waals surface area contributed by atoms with Gasteiger partial charge in [0.05, 0.1) is 24.8 Å². The van der Waals surface area contributed by atoms with Gasteiger partial charge in [-0.15, -0.1) is 0 Å². The number of rotatable bonds is 6. The zero-order valence-corrected chi connectivity index (χ0v) is 13.3. The molecule has 1 aromatic carbocycles. The Morgan fingerprint density at radius 3 is 2.65 bits per heavy atom. The summed E-state index contributed by atoms with van der Waals surface area (Å²) in [5.74, 6) is 0.700. The van der Waals surface area contributed by atoms with Crippen LogP contribution in [0.15, 0.2) is 36.4 Å². The van der Waals surface area contributed by atoms with E-state index in [0.29, 0.717) is 22.1 Å². The number of hydrogen-bond acceptors (Lipinski definition) is 6. The van der Waals surface area contributed by atoms with E-state index in [4.69, 9.17) is 9.47 Å². The maximum absolute atomic E-state index is 12.0. The van der Waals surface area contributed by atoms with Crippen molar-refractivity contribution < 1.29 is 19.2 Å². The molecule has 1 heterocycles. The molecule has 120 valence electrons. The Morgan fingerprint density at radius 1 is 1.26 bits per heavy atom. The van der Waals surface area contributed by atoms with E-state index in [0.717, 1.165) is 11.3 Å². The molecule has 8 heteroatoms. The number of benzene rings is 1. The van der Waals surface area contributed by atoms with Crippen LogP contribution in [-0.2, 0) is 4.79 Å². The van der Waals surface area contributed by atoms with Crippen LogP contribution in [0.3, 0.4) is 0 Å². The molecule has 0 radical (unpaired) electrons. The van der Waals surface area contributed by atoms with Gasteiger partial charge in [0.2, 0.25) is 5.91 Å². The van der Waals surface area contributed by atoms with Crippen LogP contribution >= 0.6 is 11.3 Å². The second-order valence-electron chi connectivity index (χ2n) is 4.32. The van der Waals surface area contributed by atoms with E-state index in [1.807, 2.05) is 0 Å². The number of anilines is 1. The van der Waals surface area contributed by atoms with E-state index in [9.17, 15) is 14.9 Å². The molecule has 0 bridgehead atoms. The molecule has 0 fully saturated rings. The van der Waals surface area contributed by atoms with Gasteiger partial charge in [0.1, 0.15) is 11.5 Å². The van der Waals surface area contributed by atoms with Gasteiger partial charge in [0.25, 0.3) is 0 Å². The number of carbonyl (C=O) groups excluding carboxylic acids is 1. The Kier molecular flexibility index (Phi) is 5.32. The number of amides is 1. The molecular weight excluding hydrogens is 320 g/mol. The van der Waals surface area contributed by atoms with Crippen molar-refractivity contribution in [1.29, 1.82) is 0 Å². The third-order valence-electron chi connectivity index (χ3n) is 2.86. The minimum Gasteiger partial charge on any atom is -0.497 e. The van der Waals surface area contributed by atoms with Crippen LogP contribution in [0.1, 0.15) is 4.88 Å². The van der Waals surface area contributed by atoms with Gasteiger partial charge in [-0.3, -0.25) is 14.9 Å². The first-order valence-corrected chi connectivity index (χ1v) is 7.30. The van der Waals surface area contributed by atoms with Crippen LogP contribution in [0.4, 0.5) is 10.7 Å². The molecule has 2 aromatic rings. The minimum absolute atomic E-state index is 0.0273. The molecule has 1 aromatic heterocycles. The first-order chi connectivity index (χ1) is 11.0. The highest BCUT2D eigenvalue weighted by Gasteiger charge is 2.09. The Labute approximate surface area is 136 Å². The summed E-state index contributed by atoms with van der Waals surface area (Å²) in [5, 5.41) is 13.3. The molecule has 7 nitrogen and oxygen atoms in total. The van der Waals surface area contributed by atoms with Gasteiger partial charge in [-0.25, -0.2) is 0 Å². The first-order valence-electron chi connectivity index (χ1n) is 6.49. The molecule has 0 atom stereocenters. The molecule has 0 aliphatic heterocycles. The molecule has 0 aliphatic rings. The smallest absolute Gasteiger partial charge is 0.324 e. The van der Waals surface area contributed by atoms with Crippen molar-refractivity contribution in [3.05, 3.63) is 51.4 Å². The second-order valence-corrected chi connectivity index (χ2v) is 5.42. The number of nitrogens with one attached hydrogen (secondary N) is 1. The Bertz CT molecular complexity index is 754. The van der Waals surface area contributed by atoms with Crippen molar-refractivity contribution in [2.45, 2.75) is 0 Å². The maximum Gasteiger partial charge on any atom is 0.324 e. The fraction of sp³-hybridized carbons (Fsp3) is 0.133. The largest absolute Gasteiger partial charge is 0.497 e. The number of thiophene rings is 1. The highest BCUT2D eigenvalue weighted by atomic mass is 32.1. The van der Waals surface area contributed by atoms with Crippen molar-refractivity contribution in [2.75, 3.05) is 19.5 Å². The van der Waals surface area contributed by atoms with E-state index >= 15 is 0 Å². The molecule has 0 aliphatic carbocycles. The van der Waals surface area contributed by atoms with E-state index < -0.39 is 4.92 Å². The summed E-state index contributed by atoms with van der Waals surface area (Å²) in [6.07, 6.45) is 2.81. The van der Waals surface area contributed by atoms with Crippen LogP contribution in [-0.4, -0.2) is 25.1 Å². The lowest BCUT2D eigenvalue weighted by molar-refractivity contribution is -0.380. The lowest BCUT2D eigenvalue weighted by Crippen LogP contribution is -2.09. The van der Waals surface area contributed by atoms with Gasteiger partial charge in [-0.05, 0) is 24.3 Å². The van der Waals surface area contributed by atoms with E-state index in [-0.39, 0.29) is 10.9 Å². The predicted octanol–water partition coefficient (Wildman–Crippen LogP) is 3.33. The molecule has 2 rings (SSSR count). The topological polar surface area (TPSA) is 90.7 Å². The molecule has 0 spiro atoms. The number of ether oxygens (including phenoxy) is 2. The molecule has 1 amide bonds. The molecule has 0 saturated heterocycles. The molecule has 0 saturated carbocycles. The first kappa shape index (κ1) is 16.5. The number of carbonyl (C=O) groups is 1. The lowest BCUT2D eigenvalue weighted by atomic mass is 10.2. The minimum atomic E-state index is -0.469. The second kappa shape index (κ2) is 7.41. The average molecular weight is 334 g/mol. The number of nitrogens with zero attached hydrogens (tertiary/aromatic N) is 1. The van der Waals surface area contributed by atoms with Crippen LogP contribution in [0.5, 0.6) is 11.5 Å². The van der Waals surface area contributed by atoms with Crippen molar-refractivity contribution in [3.8, 4) is 11.5 Å². The fourth-order valence-electron chi connectivity index (χ4n) is 1.77. The Morgan fingerprint density at radius 2 is 2.04 bits per heavy atom. The predicted molar refractivity (Wildman–Crippen MR) is 88.2 cm³/mol. The summed E-state index contributed by atoms with van der Waals surface area (Å²) in [6, 6.07) is 8.02. The van der Waals surface area contributed by atoms with E-state index in [2.05, 4.69) is 5.32 Å². The number of methoxy groups -OCH3 is 2.